The zero-order chi connectivity index (χ0) is 27.5. The third-order valence-electron chi connectivity index (χ3n) is 5.12. The van der Waals surface area contributed by atoms with E-state index in [9.17, 15) is 26.4 Å². The molecule has 3 aromatic rings. The number of aryl methyl sites for hydroxylation is 1. The Morgan fingerprint density at radius 2 is 2.03 bits per heavy atom. The van der Waals surface area contributed by atoms with Gasteiger partial charge in [0.1, 0.15) is 22.8 Å². The summed E-state index contributed by atoms with van der Waals surface area (Å²) in [6, 6.07) is 8.18. The van der Waals surface area contributed by atoms with Crippen LogP contribution in [-0.4, -0.2) is 61.6 Å². The molecule has 0 aliphatic carbocycles. The van der Waals surface area contributed by atoms with Crippen LogP contribution in [0.25, 0.3) is 10.1 Å². The van der Waals surface area contributed by atoms with Crippen LogP contribution in [0.1, 0.15) is 16.9 Å². The summed E-state index contributed by atoms with van der Waals surface area (Å²) in [5.74, 6) is -2.70. The Morgan fingerprint density at radius 3 is 2.62 bits per heavy atom. The predicted molar refractivity (Wildman–Crippen MR) is 136 cm³/mol. The molecule has 9 nitrogen and oxygen atoms in total. The minimum absolute atomic E-state index is 0.0984. The van der Waals surface area contributed by atoms with Crippen LogP contribution in [0.3, 0.4) is 0 Å². The van der Waals surface area contributed by atoms with Crippen LogP contribution in [0.2, 0.25) is 5.02 Å². The van der Waals surface area contributed by atoms with E-state index in [0.717, 1.165) is 15.0 Å². The van der Waals surface area contributed by atoms with Crippen molar-refractivity contribution in [3.63, 3.8) is 0 Å². The molecule has 37 heavy (non-hydrogen) atoms. The Hall–Kier alpha value is -2.72. The van der Waals surface area contributed by atoms with Crippen molar-refractivity contribution >= 4 is 72.1 Å². The van der Waals surface area contributed by atoms with Gasteiger partial charge in [-0.05, 0) is 53.9 Å². The highest BCUT2D eigenvalue weighted by molar-refractivity contribution is 7.91. The predicted octanol–water partition coefficient (Wildman–Crippen LogP) is 3.80. The second-order valence-corrected chi connectivity index (χ2v) is 12.0. The number of aliphatic imine (C=N–C) groups is 1. The molecule has 0 unspecified atom stereocenters. The lowest BCUT2D eigenvalue weighted by Crippen LogP contribution is -2.41. The van der Waals surface area contributed by atoms with E-state index < -0.39 is 28.2 Å². The average Bonchev–Trinajstić information content (AvgIpc) is 3.53. The van der Waals surface area contributed by atoms with Gasteiger partial charge < -0.3 is 15.7 Å². The van der Waals surface area contributed by atoms with E-state index in [0.29, 0.717) is 29.4 Å². The highest BCUT2D eigenvalue weighted by Crippen LogP contribution is 2.35. The van der Waals surface area contributed by atoms with Gasteiger partial charge in [-0.3, -0.25) is 4.79 Å². The number of thiophene rings is 2. The molecule has 1 aliphatic rings. The van der Waals surface area contributed by atoms with Crippen LogP contribution in [0, 0.1) is 6.92 Å². The van der Waals surface area contributed by atoms with Crippen LogP contribution < -0.4 is 10.5 Å². The van der Waals surface area contributed by atoms with E-state index in [1.807, 2.05) is 17.5 Å². The molecule has 16 heteroatoms. The lowest BCUT2D eigenvalue weighted by molar-refractivity contribution is -0.192. The number of fused-ring (bicyclic) bond motifs is 1. The molecular weight excluding hydrogens is 577 g/mol. The number of hydrogen-bond donors (Lipinski definition) is 3. The summed E-state index contributed by atoms with van der Waals surface area (Å²) in [6.07, 6.45) is -4.71. The summed E-state index contributed by atoms with van der Waals surface area (Å²) in [7, 11) is -3.85. The second-order valence-electron chi connectivity index (χ2n) is 7.68. The number of sulfonamides is 1. The molecule has 3 heterocycles. The number of hydrogen-bond acceptors (Lipinski definition) is 7. The van der Waals surface area contributed by atoms with Crippen molar-refractivity contribution in [3.8, 4) is 0 Å². The van der Waals surface area contributed by atoms with Crippen LogP contribution in [0.15, 0.2) is 44.9 Å². The summed E-state index contributed by atoms with van der Waals surface area (Å²) in [4.78, 5) is 28.2. The molecule has 2 aromatic heterocycles. The maximum absolute atomic E-state index is 13.0. The number of nitrogens with zero attached hydrogens (tertiary/aromatic N) is 2. The van der Waals surface area contributed by atoms with Gasteiger partial charge in [0.25, 0.3) is 10.0 Å². The first-order chi connectivity index (χ1) is 17.2. The normalized spacial score (nSPS) is 16.7. The molecule has 4 rings (SSSR count). The van der Waals surface area contributed by atoms with E-state index >= 15 is 0 Å². The third kappa shape index (κ3) is 6.98. The minimum Gasteiger partial charge on any atom is -0.475 e. The number of rotatable bonds is 6. The van der Waals surface area contributed by atoms with Gasteiger partial charge in [0.15, 0.2) is 0 Å². The van der Waals surface area contributed by atoms with E-state index in [-0.39, 0.29) is 16.8 Å². The van der Waals surface area contributed by atoms with Crippen LogP contribution >= 0.6 is 34.3 Å². The lowest BCUT2D eigenvalue weighted by Gasteiger charge is -2.15. The molecule has 0 bridgehead atoms. The number of carboxylic acids is 1. The number of alkyl halides is 3. The molecule has 200 valence electrons. The van der Waals surface area contributed by atoms with Crippen molar-refractivity contribution in [2.45, 2.75) is 29.8 Å². The number of carboxylic acid groups (broad SMARTS) is 1. The quantitative estimate of drug-likeness (QED) is 0.292. The number of likely N-dealkylation sites (tertiary alicyclic amines) is 1. The highest BCUT2D eigenvalue weighted by atomic mass is 35.5. The fourth-order valence-electron chi connectivity index (χ4n) is 3.32. The van der Waals surface area contributed by atoms with E-state index in [2.05, 4.69) is 9.71 Å². The zero-order valence-corrected chi connectivity index (χ0v) is 22.2. The molecule has 0 saturated carbocycles. The Morgan fingerprint density at radius 1 is 1.35 bits per heavy atom. The van der Waals surface area contributed by atoms with Gasteiger partial charge in [0.2, 0.25) is 5.91 Å². The smallest absolute Gasteiger partial charge is 0.475 e. The zero-order valence-electron chi connectivity index (χ0n) is 19.0. The number of amidine groups is 1. The standard InChI is InChI=1S/C19H19ClN4O3S3.C2HF3O2/c1-11-13-9-12(20)4-5-15(13)29-19(11)30(26,27)23-14-6-7-24(18(14)25)10-22-17(21)16-3-2-8-28-16;3-2(4,5)1(6)7/h2-5,8-9,14,23H,6-7,10H2,1H3,(H2,21,22);(H,6,7)/t14-;/m0./s1. The summed E-state index contributed by atoms with van der Waals surface area (Å²) in [6.45, 7) is 2.25. The summed E-state index contributed by atoms with van der Waals surface area (Å²) >= 11 is 8.67. The van der Waals surface area contributed by atoms with E-state index in [1.165, 1.54) is 27.6 Å². The van der Waals surface area contributed by atoms with Crippen molar-refractivity contribution in [1.82, 2.24) is 9.62 Å². The second kappa shape index (κ2) is 11.3. The van der Waals surface area contributed by atoms with E-state index in [1.54, 1.807) is 25.1 Å². The molecule has 1 amide bonds. The first-order valence-corrected chi connectivity index (χ1v) is 13.9. The molecule has 0 radical (unpaired) electrons. The number of halogens is 4. The summed E-state index contributed by atoms with van der Waals surface area (Å²) < 4.78 is 61.3. The van der Waals surface area contributed by atoms with Gasteiger partial charge in [0.05, 0.1) is 4.88 Å². The molecule has 4 N–H and O–H groups in total. The fraction of sp³-hybridized carbons (Fsp3) is 0.286. The highest BCUT2D eigenvalue weighted by Gasteiger charge is 2.38. The maximum atomic E-state index is 13.0. The van der Waals surface area contributed by atoms with Gasteiger partial charge in [-0.25, -0.2) is 18.2 Å². The van der Waals surface area contributed by atoms with Gasteiger partial charge in [0, 0.05) is 16.3 Å². The first kappa shape index (κ1) is 28.8. The van der Waals surface area contributed by atoms with Gasteiger partial charge in [-0.2, -0.15) is 17.9 Å². The lowest BCUT2D eigenvalue weighted by atomic mass is 10.2. The van der Waals surface area contributed by atoms with Crippen LogP contribution in [0.4, 0.5) is 13.2 Å². The third-order valence-corrected chi connectivity index (χ3v) is 9.61. The SMILES string of the molecule is Cc1c(S(=O)(=O)N[C@H]2CCN(CN=C(N)c3cccs3)C2=O)sc2ccc(Cl)cc12.O=C(O)C(F)(F)F. The minimum atomic E-state index is -5.08. The number of nitrogens with one attached hydrogen (secondary N) is 1. The first-order valence-electron chi connectivity index (χ1n) is 10.3. The van der Waals surface area contributed by atoms with Crippen molar-refractivity contribution < 1.29 is 36.3 Å². The Kier molecular flexibility index (Phi) is 8.85. The molecule has 1 aliphatic heterocycles. The number of aliphatic carboxylic acids is 1. The number of amides is 1. The molecule has 1 atom stereocenters. The number of carbonyl (C=O) groups excluding carboxylic acids is 1. The van der Waals surface area contributed by atoms with Crippen molar-refractivity contribution in [2.75, 3.05) is 13.2 Å². The number of benzene rings is 1. The largest absolute Gasteiger partial charge is 0.490 e. The Balaban J connectivity index is 0.000000479. The number of nitrogens with two attached hydrogens (primary N) is 1. The Bertz CT molecular complexity index is 1440. The monoisotopic (exact) mass is 596 g/mol. The van der Waals surface area contributed by atoms with Crippen LogP contribution in [0.5, 0.6) is 0 Å². The molecule has 0 spiro atoms. The fourth-order valence-corrected chi connectivity index (χ4v) is 7.13. The van der Waals surface area contributed by atoms with E-state index in [4.69, 9.17) is 27.2 Å². The summed E-state index contributed by atoms with van der Waals surface area (Å²) in [5, 5.41) is 10.4. The van der Waals surface area contributed by atoms with Gasteiger partial charge >= 0.3 is 12.1 Å². The maximum Gasteiger partial charge on any atom is 0.490 e. The van der Waals surface area contributed by atoms with Crippen molar-refractivity contribution in [2.24, 2.45) is 10.7 Å². The van der Waals surface area contributed by atoms with Gasteiger partial charge in [-0.1, -0.05) is 17.7 Å². The molecule has 1 saturated heterocycles. The summed E-state index contributed by atoms with van der Waals surface area (Å²) in [5.41, 5.74) is 6.57. The van der Waals surface area contributed by atoms with Crippen molar-refractivity contribution in [1.29, 1.82) is 0 Å². The Labute approximate surface area is 222 Å². The van der Waals surface area contributed by atoms with Gasteiger partial charge in [-0.15, -0.1) is 22.7 Å². The average molecular weight is 597 g/mol. The van der Waals surface area contributed by atoms with Crippen molar-refractivity contribution in [3.05, 3.63) is 51.2 Å². The van der Waals surface area contributed by atoms with Crippen LogP contribution in [-0.2, 0) is 19.6 Å². The number of carbonyl (C=O) groups is 2. The molecular formula is C21H20ClF3N4O5S3. The molecule has 1 fully saturated rings. The molecule has 1 aromatic carbocycles. The topological polar surface area (TPSA) is 142 Å².